The predicted molar refractivity (Wildman–Crippen MR) is 70.2 cm³/mol. The van der Waals surface area contributed by atoms with Crippen molar-refractivity contribution >= 4 is 22.9 Å². The Balaban J connectivity index is 1.94. The SMILES string of the molecule is CC(C(=O)O)N(C(=O)c1ccc2n[nH]nc2c1)C1CC1. The average Bonchev–Trinajstić information content (AvgIpc) is 3.14. The van der Waals surface area contributed by atoms with Crippen LogP contribution in [0.2, 0.25) is 0 Å². The lowest BCUT2D eigenvalue weighted by Gasteiger charge is -2.26. The van der Waals surface area contributed by atoms with Gasteiger partial charge < -0.3 is 10.0 Å². The summed E-state index contributed by atoms with van der Waals surface area (Å²) in [4.78, 5) is 25.1. The Morgan fingerprint density at radius 1 is 1.35 bits per heavy atom. The van der Waals surface area contributed by atoms with Crippen LogP contribution in [0.4, 0.5) is 0 Å². The van der Waals surface area contributed by atoms with Gasteiger partial charge in [0.25, 0.3) is 5.91 Å². The second-order valence-electron chi connectivity index (χ2n) is 4.98. The minimum atomic E-state index is -0.993. The minimum absolute atomic E-state index is 0.0293. The highest BCUT2D eigenvalue weighted by molar-refractivity contribution is 5.99. The standard InChI is InChI=1S/C13H14N4O3/c1-7(13(19)20)17(9-3-4-9)12(18)8-2-5-10-11(6-8)15-16-14-10/h2,5-7,9H,3-4H2,1H3,(H,19,20)(H,14,15,16). The van der Waals surface area contributed by atoms with Crippen molar-refractivity contribution in [2.75, 3.05) is 0 Å². The molecule has 2 aromatic rings. The fourth-order valence-corrected chi connectivity index (χ4v) is 2.25. The molecule has 1 aromatic carbocycles. The Kier molecular flexibility index (Phi) is 2.89. The van der Waals surface area contributed by atoms with Crippen LogP contribution in [0.5, 0.6) is 0 Å². The molecule has 1 heterocycles. The Morgan fingerprint density at radius 2 is 2.05 bits per heavy atom. The number of aromatic amines is 1. The molecule has 20 heavy (non-hydrogen) atoms. The van der Waals surface area contributed by atoms with Gasteiger partial charge in [-0.15, -0.1) is 0 Å². The number of H-pyrrole nitrogens is 1. The van der Waals surface area contributed by atoms with E-state index in [0.717, 1.165) is 12.8 Å². The van der Waals surface area contributed by atoms with Crippen LogP contribution in [0.15, 0.2) is 18.2 Å². The summed E-state index contributed by atoms with van der Waals surface area (Å²) in [5, 5.41) is 19.5. The number of carboxylic acids is 1. The number of nitrogens with one attached hydrogen (secondary N) is 1. The van der Waals surface area contributed by atoms with Crippen LogP contribution in [0, 0.1) is 0 Å². The van der Waals surface area contributed by atoms with Gasteiger partial charge in [0.15, 0.2) is 0 Å². The third-order valence-electron chi connectivity index (χ3n) is 3.51. The van der Waals surface area contributed by atoms with Gasteiger partial charge in [0.2, 0.25) is 0 Å². The zero-order chi connectivity index (χ0) is 14.3. The van der Waals surface area contributed by atoms with E-state index in [4.69, 9.17) is 5.11 Å². The van der Waals surface area contributed by atoms with Gasteiger partial charge in [-0.25, -0.2) is 4.79 Å². The molecule has 0 aliphatic heterocycles. The van der Waals surface area contributed by atoms with Gasteiger partial charge in [-0.1, -0.05) is 0 Å². The fourth-order valence-electron chi connectivity index (χ4n) is 2.25. The molecule has 1 aliphatic carbocycles. The monoisotopic (exact) mass is 274 g/mol. The number of aliphatic carboxylic acids is 1. The number of rotatable bonds is 4. The molecule has 0 bridgehead atoms. The van der Waals surface area contributed by atoms with Crippen molar-refractivity contribution in [3.63, 3.8) is 0 Å². The molecular formula is C13H14N4O3. The van der Waals surface area contributed by atoms with Crippen LogP contribution in [-0.2, 0) is 4.79 Å². The summed E-state index contributed by atoms with van der Waals surface area (Å²) in [5.41, 5.74) is 1.70. The largest absolute Gasteiger partial charge is 0.480 e. The number of nitrogens with zero attached hydrogens (tertiary/aromatic N) is 3. The van der Waals surface area contributed by atoms with Gasteiger partial charge in [0.05, 0.1) is 0 Å². The zero-order valence-electron chi connectivity index (χ0n) is 10.9. The van der Waals surface area contributed by atoms with E-state index in [1.165, 1.54) is 11.8 Å². The Labute approximate surface area is 114 Å². The van der Waals surface area contributed by atoms with Crippen molar-refractivity contribution in [1.29, 1.82) is 0 Å². The second kappa shape index (κ2) is 4.59. The molecule has 1 unspecified atom stereocenters. The molecule has 0 saturated heterocycles. The second-order valence-corrected chi connectivity index (χ2v) is 4.98. The van der Waals surface area contributed by atoms with Crippen molar-refractivity contribution < 1.29 is 14.7 Å². The van der Waals surface area contributed by atoms with Crippen molar-refractivity contribution in [1.82, 2.24) is 20.3 Å². The van der Waals surface area contributed by atoms with Gasteiger partial charge in [0.1, 0.15) is 17.1 Å². The van der Waals surface area contributed by atoms with Gasteiger partial charge in [-0.3, -0.25) is 4.79 Å². The summed E-state index contributed by atoms with van der Waals surface area (Å²) >= 11 is 0. The smallest absolute Gasteiger partial charge is 0.326 e. The van der Waals surface area contributed by atoms with E-state index in [-0.39, 0.29) is 11.9 Å². The maximum Gasteiger partial charge on any atom is 0.326 e. The third-order valence-corrected chi connectivity index (χ3v) is 3.51. The number of amides is 1. The molecule has 0 radical (unpaired) electrons. The molecular weight excluding hydrogens is 260 g/mol. The topological polar surface area (TPSA) is 99.2 Å². The molecule has 1 atom stereocenters. The minimum Gasteiger partial charge on any atom is -0.480 e. The predicted octanol–water partition coefficient (Wildman–Crippen LogP) is 1.04. The first-order chi connectivity index (χ1) is 9.58. The zero-order valence-corrected chi connectivity index (χ0v) is 10.9. The number of carboxylic acid groups (broad SMARTS) is 1. The number of carbonyl (C=O) groups excluding carboxylic acids is 1. The maximum absolute atomic E-state index is 12.5. The molecule has 1 aliphatic rings. The van der Waals surface area contributed by atoms with Gasteiger partial charge in [-0.05, 0) is 38.0 Å². The number of hydrogen-bond donors (Lipinski definition) is 2. The molecule has 0 spiro atoms. The summed E-state index contributed by atoms with van der Waals surface area (Å²) < 4.78 is 0. The first-order valence-corrected chi connectivity index (χ1v) is 6.44. The van der Waals surface area contributed by atoms with E-state index < -0.39 is 12.0 Å². The van der Waals surface area contributed by atoms with E-state index in [1.54, 1.807) is 18.2 Å². The van der Waals surface area contributed by atoms with Crippen molar-refractivity contribution in [2.45, 2.75) is 31.8 Å². The molecule has 1 saturated carbocycles. The first-order valence-electron chi connectivity index (χ1n) is 6.44. The van der Waals surface area contributed by atoms with E-state index in [0.29, 0.717) is 16.6 Å². The van der Waals surface area contributed by atoms with Crippen LogP contribution >= 0.6 is 0 Å². The summed E-state index contributed by atoms with van der Waals surface area (Å²) in [5.74, 6) is -1.26. The van der Waals surface area contributed by atoms with Crippen LogP contribution in [0.3, 0.4) is 0 Å². The van der Waals surface area contributed by atoms with Gasteiger partial charge in [-0.2, -0.15) is 15.4 Å². The van der Waals surface area contributed by atoms with Crippen LogP contribution < -0.4 is 0 Å². The summed E-state index contributed by atoms with van der Waals surface area (Å²) in [6.45, 7) is 1.53. The van der Waals surface area contributed by atoms with Crippen molar-refractivity contribution in [3.8, 4) is 0 Å². The molecule has 3 rings (SSSR count). The number of fused-ring (bicyclic) bond motifs is 1. The molecule has 2 N–H and O–H groups in total. The van der Waals surface area contributed by atoms with E-state index in [1.807, 2.05) is 0 Å². The quantitative estimate of drug-likeness (QED) is 0.867. The number of carbonyl (C=O) groups is 2. The van der Waals surface area contributed by atoms with Gasteiger partial charge in [0, 0.05) is 11.6 Å². The molecule has 1 fully saturated rings. The Hall–Kier alpha value is -2.44. The normalized spacial score (nSPS) is 16.1. The van der Waals surface area contributed by atoms with E-state index >= 15 is 0 Å². The average molecular weight is 274 g/mol. The van der Waals surface area contributed by atoms with E-state index in [2.05, 4.69) is 15.4 Å². The summed E-state index contributed by atoms with van der Waals surface area (Å²) in [7, 11) is 0. The molecule has 1 amide bonds. The highest BCUT2D eigenvalue weighted by Crippen LogP contribution is 2.30. The Morgan fingerprint density at radius 3 is 2.70 bits per heavy atom. The molecule has 1 aromatic heterocycles. The first kappa shape index (κ1) is 12.6. The van der Waals surface area contributed by atoms with Gasteiger partial charge >= 0.3 is 5.97 Å². The lowest BCUT2D eigenvalue weighted by Crippen LogP contribution is -2.44. The summed E-state index contributed by atoms with van der Waals surface area (Å²) in [6.07, 6.45) is 1.71. The van der Waals surface area contributed by atoms with Crippen LogP contribution in [0.1, 0.15) is 30.1 Å². The highest BCUT2D eigenvalue weighted by atomic mass is 16.4. The number of hydrogen-bond acceptors (Lipinski definition) is 4. The molecule has 7 nitrogen and oxygen atoms in total. The lowest BCUT2D eigenvalue weighted by molar-refractivity contribution is -0.141. The third kappa shape index (κ3) is 2.11. The summed E-state index contributed by atoms with van der Waals surface area (Å²) in [6, 6.07) is 4.18. The highest BCUT2D eigenvalue weighted by Gasteiger charge is 2.38. The van der Waals surface area contributed by atoms with Crippen LogP contribution in [-0.4, -0.2) is 49.4 Å². The number of aromatic nitrogens is 3. The fraction of sp³-hybridized carbons (Fsp3) is 0.385. The van der Waals surface area contributed by atoms with E-state index in [9.17, 15) is 9.59 Å². The lowest BCUT2D eigenvalue weighted by atomic mass is 10.1. The van der Waals surface area contributed by atoms with Crippen molar-refractivity contribution in [2.24, 2.45) is 0 Å². The Bertz CT molecular complexity index is 677. The molecule has 104 valence electrons. The maximum atomic E-state index is 12.5. The van der Waals surface area contributed by atoms with Crippen molar-refractivity contribution in [3.05, 3.63) is 23.8 Å². The molecule has 7 heteroatoms. The number of benzene rings is 1. The van der Waals surface area contributed by atoms with Crippen LogP contribution in [0.25, 0.3) is 11.0 Å².